The topological polar surface area (TPSA) is 94.0 Å². The molecule has 1 N–H and O–H groups in total. The van der Waals surface area contributed by atoms with E-state index in [0.717, 1.165) is 0 Å². The molecule has 0 aliphatic rings. The van der Waals surface area contributed by atoms with Crippen molar-refractivity contribution < 1.29 is 14.3 Å². The fourth-order valence-electron chi connectivity index (χ4n) is 0.985. The molecule has 0 bridgehead atoms. The van der Waals surface area contributed by atoms with E-state index in [1.807, 2.05) is 0 Å². The summed E-state index contributed by atoms with van der Waals surface area (Å²) in [4.78, 5) is 18.0. The van der Waals surface area contributed by atoms with Crippen LogP contribution >= 0.6 is 0 Å². The molecule has 0 spiro atoms. The fourth-order valence-corrected chi connectivity index (χ4v) is 0.985. The van der Waals surface area contributed by atoms with E-state index in [1.165, 1.54) is 10.9 Å². The van der Waals surface area contributed by atoms with Crippen molar-refractivity contribution in [1.29, 1.82) is 0 Å². The second-order valence-electron chi connectivity index (χ2n) is 2.51. The van der Waals surface area contributed by atoms with Gasteiger partial charge in [0.05, 0.1) is 0 Å². The Hall–Kier alpha value is -2.18. The van der Waals surface area contributed by atoms with E-state index >= 15 is 0 Å². The number of carboxylic acid groups (broad SMARTS) is 1. The van der Waals surface area contributed by atoms with Gasteiger partial charge < -0.3 is 9.52 Å². The first-order valence-corrected chi connectivity index (χ1v) is 3.65. The maximum absolute atomic E-state index is 10.5. The van der Waals surface area contributed by atoms with Gasteiger partial charge in [-0.1, -0.05) is 0 Å². The van der Waals surface area contributed by atoms with E-state index < -0.39 is 5.97 Å². The molecule has 14 heavy (non-hydrogen) atoms. The summed E-state index contributed by atoms with van der Waals surface area (Å²) in [6, 6.07) is 0. The van der Waals surface area contributed by atoms with Crippen LogP contribution < -0.4 is 0 Å². The van der Waals surface area contributed by atoms with E-state index in [1.54, 1.807) is 7.05 Å². The monoisotopic (exact) mass is 193 g/mol. The van der Waals surface area contributed by atoms with Crippen LogP contribution in [-0.2, 0) is 7.05 Å². The summed E-state index contributed by atoms with van der Waals surface area (Å²) in [6.07, 6.45) is 3.56. The molecule has 0 amide bonds. The first-order valence-electron chi connectivity index (χ1n) is 3.65. The number of hydrogen-bond acceptors (Lipinski definition) is 5. The predicted octanol–water partition coefficient (Wildman–Crippen LogP) is -0.0315. The van der Waals surface area contributed by atoms with Gasteiger partial charge in [-0.3, -0.25) is 0 Å². The number of aromatic nitrogens is 4. The van der Waals surface area contributed by atoms with E-state index in [9.17, 15) is 4.79 Å². The molecule has 0 saturated carbocycles. The lowest BCUT2D eigenvalue weighted by molar-refractivity contribution is 0.0683. The number of carboxylic acids is 1. The highest BCUT2D eigenvalue weighted by molar-refractivity contribution is 5.83. The second-order valence-corrected chi connectivity index (χ2v) is 2.51. The molecular weight excluding hydrogens is 188 g/mol. The van der Waals surface area contributed by atoms with E-state index in [4.69, 9.17) is 5.11 Å². The number of rotatable bonds is 2. The third-order valence-electron chi connectivity index (χ3n) is 1.57. The third-order valence-corrected chi connectivity index (χ3v) is 1.57. The van der Waals surface area contributed by atoms with E-state index in [0.29, 0.717) is 11.5 Å². The van der Waals surface area contributed by atoms with Gasteiger partial charge in [-0.15, -0.1) is 5.10 Å². The van der Waals surface area contributed by atoms with Crippen molar-refractivity contribution in [3.05, 3.63) is 18.5 Å². The standard InChI is InChI=1S/C7H5N4O3/c1-11-6(4-2-14-3-8-4)9-5(10-11)7(12)13/h2H,1H3,(H,12,13). The highest BCUT2D eigenvalue weighted by Crippen LogP contribution is 2.12. The Morgan fingerprint density at radius 2 is 2.50 bits per heavy atom. The first kappa shape index (κ1) is 8.42. The minimum Gasteiger partial charge on any atom is -0.475 e. The van der Waals surface area contributed by atoms with Crippen LogP contribution in [-0.4, -0.2) is 30.8 Å². The fraction of sp³-hybridized carbons (Fsp3) is 0.143. The molecule has 0 aliphatic heterocycles. The second kappa shape index (κ2) is 2.95. The lowest BCUT2D eigenvalue weighted by Gasteiger charge is -1.90. The molecule has 0 fully saturated rings. The van der Waals surface area contributed by atoms with Crippen LogP contribution in [0.3, 0.4) is 0 Å². The summed E-state index contributed by atoms with van der Waals surface area (Å²) in [5.74, 6) is -1.13. The smallest absolute Gasteiger partial charge is 0.375 e. The van der Waals surface area contributed by atoms with Crippen molar-refractivity contribution in [1.82, 2.24) is 19.7 Å². The Kier molecular flexibility index (Phi) is 1.77. The van der Waals surface area contributed by atoms with Gasteiger partial charge in [0.25, 0.3) is 12.2 Å². The average molecular weight is 193 g/mol. The SMILES string of the molecule is Cn1nc(C(=O)O)nc1-c1co[c]n1. The van der Waals surface area contributed by atoms with Gasteiger partial charge >= 0.3 is 5.97 Å². The van der Waals surface area contributed by atoms with Crippen molar-refractivity contribution >= 4 is 5.97 Å². The predicted molar refractivity (Wildman–Crippen MR) is 42.3 cm³/mol. The molecule has 2 aromatic rings. The zero-order chi connectivity index (χ0) is 10.1. The molecular formula is C7H5N4O3. The number of oxazole rings is 1. The number of carbonyl (C=O) groups is 1. The van der Waals surface area contributed by atoms with E-state index in [2.05, 4.69) is 25.9 Å². The molecule has 1 radical (unpaired) electrons. The average Bonchev–Trinajstić information content (AvgIpc) is 2.71. The van der Waals surface area contributed by atoms with Crippen molar-refractivity contribution in [3.8, 4) is 11.5 Å². The van der Waals surface area contributed by atoms with Crippen LogP contribution in [0, 0.1) is 6.39 Å². The summed E-state index contributed by atoms with van der Waals surface area (Å²) in [5.41, 5.74) is 0.396. The van der Waals surface area contributed by atoms with Gasteiger partial charge in [0, 0.05) is 7.05 Å². The van der Waals surface area contributed by atoms with Crippen molar-refractivity contribution in [2.24, 2.45) is 7.05 Å². The number of aryl methyl sites for hydroxylation is 1. The van der Waals surface area contributed by atoms with Crippen LogP contribution in [0.25, 0.3) is 11.5 Å². The molecule has 0 atom stereocenters. The quantitative estimate of drug-likeness (QED) is 0.719. The molecule has 71 valence electrons. The number of hydrogen-bond donors (Lipinski definition) is 1. The summed E-state index contributed by atoms with van der Waals surface area (Å²) < 4.78 is 5.94. The van der Waals surface area contributed by atoms with Crippen LogP contribution in [0.4, 0.5) is 0 Å². The van der Waals surface area contributed by atoms with Gasteiger partial charge in [-0.2, -0.15) is 4.98 Å². The molecule has 7 heteroatoms. The van der Waals surface area contributed by atoms with Gasteiger partial charge in [-0.05, 0) is 0 Å². The van der Waals surface area contributed by atoms with Crippen LogP contribution in [0.1, 0.15) is 10.6 Å². The molecule has 2 aromatic heterocycles. The van der Waals surface area contributed by atoms with Gasteiger partial charge in [0.2, 0.25) is 0 Å². The van der Waals surface area contributed by atoms with Crippen molar-refractivity contribution in [2.45, 2.75) is 0 Å². The Bertz CT molecular complexity index is 459. The molecule has 2 rings (SSSR count). The molecule has 2 heterocycles. The first-order chi connectivity index (χ1) is 6.68. The molecule has 0 aromatic carbocycles. The minimum absolute atomic E-state index is 0.273. The summed E-state index contributed by atoms with van der Waals surface area (Å²) >= 11 is 0. The molecule has 0 unspecified atom stereocenters. The Balaban J connectivity index is 2.50. The lowest BCUT2D eigenvalue weighted by Crippen LogP contribution is -2.00. The van der Waals surface area contributed by atoms with E-state index in [-0.39, 0.29) is 5.82 Å². The summed E-state index contributed by atoms with van der Waals surface area (Å²) in [5, 5.41) is 12.3. The summed E-state index contributed by atoms with van der Waals surface area (Å²) in [7, 11) is 1.57. The van der Waals surface area contributed by atoms with Gasteiger partial charge in [0.15, 0.2) is 5.82 Å². The molecule has 0 saturated heterocycles. The van der Waals surface area contributed by atoms with Gasteiger partial charge in [-0.25, -0.2) is 14.5 Å². The Morgan fingerprint density at radius 1 is 1.71 bits per heavy atom. The normalized spacial score (nSPS) is 10.4. The highest BCUT2D eigenvalue weighted by atomic mass is 16.4. The van der Waals surface area contributed by atoms with Crippen LogP contribution in [0.15, 0.2) is 10.7 Å². The zero-order valence-electron chi connectivity index (χ0n) is 7.13. The lowest BCUT2D eigenvalue weighted by atomic mass is 10.4. The van der Waals surface area contributed by atoms with Crippen molar-refractivity contribution in [2.75, 3.05) is 0 Å². The maximum Gasteiger partial charge on any atom is 0.375 e. The molecule has 0 aliphatic carbocycles. The van der Waals surface area contributed by atoms with Crippen LogP contribution in [0.2, 0.25) is 0 Å². The number of nitrogens with zero attached hydrogens (tertiary/aromatic N) is 4. The van der Waals surface area contributed by atoms with Gasteiger partial charge in [0.1, 0.15) is 12.0 Å². The third kappa shape index (κ3) is 1.24. The highest BCUT2D eigenvalue weighted by Gasteiger charge is 2.15. The molecule has 7 nitrogen and oxygen atoms in total. The van der Waals surface area contributed by atoms with Crippen molar-refractivity contribution in [3.63, 3.8) is 0 Å². The summed E-state index contributed by atoms with van der Waals surface area (Å²) in [6.45, 7) is 0. The Labute approximate surface area is 78.0 Å². The zero-order valence-corrected chi connectivity index (χ0v) is 7.13. The van der Waals surface area contributed by atoms with Crippen LogP contribution in [0.5, 0.6) is 0 Å². The maximum atomic E-state index is 10.5. The number of aromatic carboxylic acids is 1. The minimum atomic E-state index is -1.18. The largest absolute Gasteiger partial charge is 0.475 e. The Morgan fingerprint density at radius 3 is 3.00 bits per heavy atom.